The van der Waals surface area contributed by atoms with Crippen molar-refractivity contribution in [3.05, 3.63) is 94.0 Å². The molecule has 3 aromatic rings. The van der Waals surface area contributed by atoms with E-state index in [1.54, 1.807) is 36.4 Å². The molecule has 3 aromatic carbocycles. The summed E-state index contributed by atoms with van der Waals surface area (Å²) in [5.74, 6) is -0.345. The van der Waals surface area contributed by atoms with Gasteiger partial charge in [-0.1, -0.05) is 42.0 Å². The van der Waals surface area contributed by atoms with Crippen LogP contribution in [-0.2, 0) is 27.7 Å². The van der Waals surface area contributed by atoms with Crippen molar-refractivity contribution in [2.45, 2.75) is 57.9 Å². The van der Waals surface area contributed by atoms with Crippen molar-refractivity contribution in [1.29, 1.82) is 0 Å². The lowest BCUT2D eigenvalue weighted by atomic mass is 10.0. The Morgan fingerprint density at radius 2 is 1.53 bits per heavy atom. The van der Waals surface area contributed by atoms with Gasteiger partial charge in [-0.2, -0.15) is 0 Å². The average Bonchev–Trinajstić information content (AvgIpc) is 3.25. The van der Waals surface area contributed by atoms with Gasteiger partial charge in [0.25, 0.3) is 10.0 Å². The zero-order chi connectivity index (χ0) is 24.5. The molecule has 6 heteroatoms. The van der Waals surface area contributed by atoms with Crippen LogP contribution in [0.1, 0.15) is 52.8 Å². The van der Waals surface area contributed by atoms with E-state index in [0.29, 0.717) is 5.69 Å². The number of hydrogen-bond acceptors (Lipinski definition) is 3. The highest BCUT2D eigenvalue weighted by Crippen LogP contribution is 2.27. The van der Waals surface area contributed by atoms with Crippen LogP contribution in [0.3, 0.4) is 0 Å². The monoisotopic (exact) mass is 476 g/mol. The number of carbonyl (C=O) groups is 1. The lowest BCUT2D eigenvalue weighted by molar-refractivity contribution is -0.120. The zero-order valence-electron chi connectivity index (χ0n) is 20.3. The number of rotatable bonds is 7. The second-order valence-electron chi connectivity index (χ2n) is 9.34. The van der Waals surface area contributed by atoms with Crippen LogP contribution < -0.4 is 9.62 Å². The van der Waals surface area contributed by atoms with Gasteiger partial charge in [-0.15, -0.1) is 0 Å². The van der Waals surface area contributed by atoms with E-state index in [1.807, 2.05) is 33.8 Å². The Labute approximate surface area is 202 Å². The second kappa shape index (κ2) is 9.63. The summed E-state index contributed by atoms with van der Waals surface area (Å²) in [6.07, 6.45) is 3.35. The highest BCUT2D eigenvalue weighted by atomic mass is 32.2. The van der Waals surface area contributed by atoms with Crippen LogP contribution in [0, 0.1) is 20.8 Å². The summed E-state index contributed by atoms with van der Waals surface area (Å²) in [5.41, 5.74) is 7.09. The molecular formula is C28H32N2O3S. The van der Waals surface area contributed by atoms with Crippen molar-refractivity contribution in [3.8, 4) is 0 Å². The Morgan fingerprint density at radius 3 is 2.21 bits per heavy atom. The Bertz CT molecular complexity index is 1290. The van der Waals surface area contributed by atoms with E-state index >= 15 is 0 Å². The summed E-state index contributed by atoms with van der Waals surface area (Å²) in [4.78, 5) is 13.3. The third kappa shape index (κ3) is 5.17. The van der Waals surface area contributed by atoms with Crippen LogP contribution in [0.5, 0.6) is 0 Å². The highest BCUT2D eigenvalue weighted by molar-refractivity contribution is 7.92. The largest absolute Gasteiger partial charge is 0.348 e. The fraction of sp³-hybridized carbons (Fsp3) is 0.321. The van der Waals surface area contributed by atoms with Gasteiger partial charge in [-0.3, -0.25) is 9.10 Å². The van der Waals surface area contributed by atoms with Gasteiger partial charge in [-0.05, 0) is 99.0 Å². The maximum Gasteiger partial charge on any atom is 0.264 e. The molecule has 1 unspecified atom stereocenters. The van der Waals surface area contributed by atoms with Crippen LogP contribution in [0.25, 0.3) is 0 Å². The van der Waals surface area contributed by atoms with Gasteiger partial charge in [0.2, 0.25) is 5.91 Å². The molecule has 1 aliphatic carbocycles. The first kappa shape index (κ1) is 24.0. The van der Waals surface area contributed by atoms with Crippen molar-refractivity contribution < 1.29 is 13.2 Å². The van der Waals surface area contributed by atoms with Crippen LogP contribution in [0.2, 0.25) is 0 Å². The Balaban J connectivity index is 1.61. The van der Waals surface area contributed by atoms with E-state index in [0.717, 1.165) is 35.1 Å². The van der Waals surface area contributed by atoms with E-state index < -0.39 is 10.0 Å². The maximum atomic E-state index is 13.6. The molecular weight excluding hydrogens is 444 g/mol. The molecule has 0 aromatic heterocycles. The molecule has 0 radical (unpaired) electrons. The lowest BCUT2D eigenvalue weighted by Crippen LogP contribution is -2.41. The zero-order valence-corrected chi connectivity index (χ0v) is 21.1. The van der Waals surface area contributed by atoms with Gasteiger partial charge in [0.05, 0.1) is 16.6 Å². The third-order valence-electron chi connectivity index (χ3n) is 6.39. The predicted octanol–water partition coefficient (Wildman–Crippen LogP) is 5.17. The Kier molecular flexibility index (Phi) is 6.80. The van der Waals surface area contributed by atoms with Gasteiger partial charge in [0.1, 0.15) is 6.54 Å². The van der Waals surface area contributed by atoms with Crippen LogP contribution in [0.15, 0.2) is 65.6 Å². The number of hydrogen-bond donors (Lipinski definition) is 1. The number of aryl methyl sites for hydroxylation is 5. The summed E-state index contributed by atoms with van der Waals surface area (Å²) < 4.78 is 28.5. The first-order valence-corrected chi connectivity index (χ1v) is 13.2. The normalized spacial score (nSPS) is 13.9. The van der Waals surface area contributed by atoms with Gasteiger partial charge in [-0.25, -0.2) is 8.42 Å². The predicted molar refractivity (Wildman–Crippen MR) is 137 cm³/mol. The van der Waals surface area contributed by atoms with Crippen molar-refractivity contribution >= 4 is 21.6 Å². The van der Waals surface area contributed by atoms with E-state index in [2.05, 4.69) is 23.5 Å². The smallest absolute Gasteiger partial charge is 0.264 e. The molecule has 0 spiro atoms. The maximum absolute atomic E-state index is 13.6. The third-order valence-corrected chi connectivity index (χ3v) is 8.18. The van der Waals surface area contributed by atoms with Crippen molar-refractivity contribution in [1.82, 2.24) is 5.32 Å². The minimum Gasteiger partial charge on any atom is -0.348 e. The van der Waals surface area contributed by atoms with Crippen molar-refractivity contribution in [2.24, 2.45) is 0 Å². The summed E-state index contributed by atoms with van der Waals surface area (Å²) in [6, 6.07) is 18.4. The Morgan fingerprint density at radius 1 is 0.882 bits per heavy atom. The quantitative estimate of drug-likeness (QED) is 0.511. The first-order valence-electron chi connectivity index (χ1n) is 11.7. The molecule has 0 saturated heterocycles. The summed E-state index contributed by atoms with van der Waals surface area (Å²) >= 11 is 0. The van der Waals surface area contributed by atoms with Gasteiger partial charge in [0, 0.05) is 0 Å². The van der Waals surface area contributed by atoms with E-state index in [4.69, 9.17) is 0 Å². The molecule has 1 amide bonds. The summed E-state index contributed by atoms with van der Waals surface area (Å²) in [5, 5.41) is 3.00. The second-order valence-corrected chi connectivity index (χ2v) is 11.2. The standard InChI is InChI=1S/C28H32N2O3S/c1-19-8-12-27(13-9-19)34(32,33)30(26-15-20(2)14-21(3)16-26)18-28(31)29-22(4)24-11-10-23-6-5-7-25(23)17-24/h8-17,22H,5-7,18H2,1-4H3,(H,29,31). The topological polar surface area (TPSA) is 66.5 Å². The number of benzene rings is 3. The molecule has 0 saturated carbocycles. The number of carbonyl (C=O) groups excluding carboxylic acids is 1. The minimum absolute atomic E-state index is 0.164. The molecule has 1 aliphatic rings. The van der Waals surface area contributed by atoms with Gasteiger partial charge in [0.15, 0.2) is 0 Å². The van der Waals surface area contributed by atoms with E-state index in [1.165, 1.54) is 21.9 Å². The molecule has 5 nitrogen and oxygen atoms in total. The van der Waals surface area contributed by atoms with E-state index in [9.17, 15) is 13.2 Å². The molecule has 0 bridgehead atoms. The lowest BCUT2D eigenvalue weighted by Gasteiger charge is -2.26. The molecule has 4 rings (SSSR count). The fourth-order valence-corrected chi connectivity index (χ4v) is 6.01. The molecule has 0 heterocycles. The molecule has 34 heavy (non-hydrogen) atoms. The number of sulfonamides is 1. The van der Waals surface area contributed by atoms with E-state index in [-0.39, 0.29) is 23.4 Å². The molecule has 1 N–H and O–H groups in total. The number of nitrogens with one attached hydrogen (secondary N) is 1. The van der Waals surface area contributed by atoms with Crippen LogP contribution >= 0.6 is 0 Å². The minimum atomic E-state index is -3.94. The molecule has 178 valence electrons. The fourth-order valence-electron chi connectivity index (χ4n) is 4.61. The number of fused-ring (bicyclic) bond motifs is 1. The van der Waals surface area contributed by atoms with Crippen molar-refractivity contribution in [3.63, 3.8) is 0 Å². The summed E-state index contributed by atoms with van der Waals surface area (Å²) in [7, 11) is -3.94. The molecule has 0 aliphatic heterocycles. The molecule has 0 fully saturated rings. The van der Waals surface area contributed by atoms with Gasteiger partial charge >= 0.3 is 0 Å². The van der Waals surface area contributed by atoms with Crippen molar-refractivity contribution in [2.75, 3.05) is 10.8 Å². The number of anilines is 1. The number of amides is 1. The first-order chi connectivity index (χ1) is 16.1. The highest BCUT2D eigenvalue weighted by Gasteiger charge is 2.28. The molecule has 1 atom stereocenters. The Hall–Kier alpha value is -3.12. The SMILES string of the molecule is Cc1ccc(S(=O)(=O)N(CC(=O)NC(C)c2ccc3c(c2)CCC3)c2cc(C)cc(C)c2)cc1. The van der Waals surface area contributed by atoms with Gasteiger partial charge < -0.3 is 5.32 Å². The number of nitrogens with zero attached hydrogens (tertiary/aromatic N) is 1. The summed E-state index contributed by atoms with van der Waals surface area (Å²) in [6.45, 7) is 7.39. The average molecular weight is 477 g/mol. The van der Waals surface area contributed by atoms with Crippen LogP contribution in [-0.4, -0.2) is 20.9 Å². The van der Waals surface area contributed by atoms with Crippen LogP contribution in [0.4, 0.5) is 5.69 Å².